The maximum absolute atomic E-state index is 11.9. The van der Waals surface area contributed by atoms with Crippen LogP contribution < -0.4 is 5.32 Å². The highest BCUT2D eigenvalue weighted by atomic mass is 35.5. The zero-order valence-corrected chi connectivity index (χ0v) is 14.9. The van der Waals surface area contributed by atoms with Crippen molar-refractivity contribution in [1.29, 1.82) is 0 Å². The third kappa shape index (κ3) is 7.16. The first kappa shape index (κ1) is 18.5. The quantitative estimate of drug-likeness (QED) is 0.699. The molecule has 3 nitrogen and oxygen atoms in total. The highest BCUT2D eigenvalue weighted by Crippen LogP contribution is 2.10. The lowest BCUT2D eigenvalue weighted by Crippen LogP contribution is -2.28. The third-order valence-corrected chi connectivity index (χ3v) is 4.14. The van der Waals surface area contributed by atoms with Crippen molar-refractivity contribution in [1.82, 2.24) is 10.2 Å². The number of nitrogens with zero attached hydrogens (tertiary/aromatic N) is 1. The van der Waals surface area contributed by atoms with Crippen LogP contribution in [-0.4, -0.2) is 30.9 Å². The molecule has 0 bridgehead atoms. The second-order valence-electron chi connectivity index (χ2n) is 6.05. The van der Waals surface area contributed by atoms with Crippen LogP contribution in [0.5, 0.6) is 0 Å². The molecule has 0 atom stereocenters. The summed E-state index contributed by atoms with van der Waals surface area (Å²) in [5.41, 5.74) is 2.45. The molecule has 0 aliphatic rings. The molecule has 0 spiro atoms. The van der Waals surface area contributed by atoms with Crippen molar-refractivity contribution >= 4 is 17.5 Å². The number of aryl methyl sites for hydroxylation is 1. The summed E-state index contributed by atoms with van der Waals surface area (Å²) in [5, 5.41) is 3.72. The van der Waals surface area contributed by atoms with Gasteiger partial charge in [-0.2, -0.15) is 0 Å². The smallest absolute Gasteiger partial charge is 0.220 e. The summed E-state index contributed by atoms with van der Waals surface area (Å²) < 4.78 is 0. The first-order chi connectivity index (χ1) is 11.6. The number of carbonyl (C=O) groups is 1. The molecule has 0 aliphatic heterocycles. The Labute approximate surface area is 149 Å². The minimum Gasteiger partial charge on any atom is -0.356 e. The number of hydrogen-bond donors (Lipinski definition) is 1. The van der Waals surface area contributed by atoms with E-state index in [-0.39, 0.29) is 5.91 Å². The Bertz CT molecular complexity index is 613. The Kier molecular flexibility index (Phi) is 7.80. The van der Waals surface area contributed by atoms with Gasteiger partial charge in [0.25, 0.3) is 0 Å². The molecule has 1 N–H and O–H groups in total. The number of nitrogens with one attached hydrogen (secondary N) is 1. The number of amides is 1. The Morgan fingerprint density at radius 1 is 1.04 bits per heavy atom. The fourth-order valence-electron chi connectivity index (χ4n) is 2.55. The first-order valence-electron chi connectivity index (χ1n) is 8.37. The number of carbonyl (C=O) groups excluding carboxylic acids is 1. The highest BCUT2D eigenvalue weighted by Gasteiger charge is 2.03. The van der Waals surface area contributed by atoms with Crippen molar-refractivity contribution < 1.29 is 4.79 Å². The lowest BCUT2D eigenvalue weighted by molar-refractivity contribution is -0.121. The van der Waals surface area contributed by atoms with Crippen LogP contribution in [0.1, 0.15) is 24.0 Å². The normalized spacial score (nSPS) is 10.8. The van der Waals surface area contributed by atoms with Crippen molar-refractivity contribution in [3.05, 3.63) is 70.7 Å². The van der Waals surface area contributed by atoms with E-state index in [2.05, 4.69) is 41.5 Å². The molecule has 0 saturated carbocycles. The highest BCUT2D eigenvalue weighted by molar-refractivity contribution is 6.30. The molecular weight excluding hydrogens is 320 g/mol. The molecule has 0 unspecified atom stereocenters. The third-order valence-electron chi connectivity index (χ3n) is 3.89. The van der Waals surface area contributed by atoms with Gasteiger partial charge in [0.15, 0.2) is 0 Å². The molecule has 128 valence electrons. The summed E-state index contributed by atoms with van der Waals surface area (Å²) in [6, 6.07) is 18.1. The molecule has 2 rings (SSSR count). The number of rotatable bonds is 9. The van der Waals surface area contributed by atoms with E-state index in [1.807, 2.05) is 30.3 Å². The molecule has 2 aromatic carbocycles. The molecule has 0 aliphatic carbocycles. The monoisotopic (exact) mass is 344 g/mol. The fraction of sp³-hybridized carbons (Fsp3) is 0.350. The maximum atomic E-state index is 11.9. The maximum Gasteiger partial charge on any atom is 0.220 e. The second kappa shape index (κ2) is 10.1. The van der Waals surface area contributed by atoms with Gasteiger partial charge in [0.1, 0.15) is 0 Å². The Morgan fingerprint density at radius 2 is 1.75 bits per heavy atom. The molecule has 1 amide bonds. The summed E-state index contributed by atoms with van der Waals surface area (Å²) in [4.78, 5) is 14.1. The van der Waals surface area contributed by atoms with Crippen LogP contribution in [0.25, 0.3) is 0 Å². The number of halogens is 1. The summed E-state index contributed by atoms with van der Waals surface area (Å²) in [5.74, 6) is 0.107. The summed E-state index contributed by atoms with van der Waals surface area (Å²) in [6.07, 6.45) is 2.22. The molecule has 0 heterocycles. The Morgan fingerprint density at radius 3 is 2.46 bits per heavy atom. The Balaban J connectivity index is 1.56. The van der Waals surface area contributed by atoms with E-state index in [0.29, 0.717) is 6.42 Å². The van der Waals surface area contributed by atoms with Gasteiger partial charge in [-0.25, -0.2) is 0 Å². The fourth-order valence-corrected chi connectivity index (χ4v) is 2.67. The van der Waals surface area contributed by atoms with E-state index in [1.165, 1.54) is 5.56 Å². The molecule has 0 aromatic heterocycles. The van der Waals surface area contributed by atoms with E-state index in [0.717, 1.165) is 43.1 Å². The van der Waals surface area contributed by atoms with Crippen molar-refractivity contribution in [2.75, 3.05) is 20.1 Å². The lowest BCUT2D eigenvalue weighted by atomic mass is 10.1. The predicted molar refractivity (Wildman–Crippen MR) is 100 cm³/mol. The first-order valence-corrected chi connectivity index (χ1v) is 8.75. The SMILES string of the molecule is CN(CCCNC(=O)CCc1ccc(Cl)cc1)Cc1ccccc1. The van der Waals surface area contributed by atoms with Gasteiger partial charge >= 0.3 is 0 Å². The van der Waals surface area contributed by atoms with Crippen LogP contribution in [0.3, 0.4) is 0 Å². The zero-order valence-electron chi connectivity index (χ0n) is 14.2. The van der Waals surface area contributed by atoms with Gasteiger partial charge in [-0.05, 0) is 49.7 Å². The van der Waals surface area contributed by atoms with Gasteiger partial charge in [-0.15, -0.1) is 0 Å². The van der Waals surface area contributed by atoms with Crippen LogP contribution in [-0.2, 0) is 17.8 Å². The van der Waals surface area contributed by atoms with E-state index in [9.17, 15) is 4.79 Å². The van der Waals surface area contributed by atoms with Crippen LogP contribution in [0.15, 0.2) is 54.6 Å². The van der Waals surface area contributed by atoms with Crippen LogP contribution >= 0.6 is 11.6 Å². The van der Waals surface area contributed by atoms with Crippen LogP contribution in [0, 0.1) is 0 Å². The van der Waals surface area contributed by atoms with Gasteiger partial charge < -0.3 is 10.2 Å². The second-order valence-corrected chi connectivity index (χ2v) is 6.49. The minimum atomic E-state index is 0.107. The van der Waals surface area contributed by atoms with E-state index >= 15 is 0 Å². The summed E-state index contributed by atoms with van der Waals surface area (Å²) in [6.45, 7) is 2.62. The largest absolute Gasteiger partial charge is 0.356 e. The van der Waals surface area contributed by atoms with Gasteiger partial charge in [0.05, 0.1) is 0 Å². The minimum absolute atomic E-state index is 0.107. The molecule has 0 fully saturated rings. The molecule has 4 heteroatoms. The molecular formula is C20H25ClN2O. The number of hydrogen-bond acceptors (Lipinski definition) is 2. The van der Waals surface area contributed by atoms with Gasteiger partial charge in [-0.3, -0.25) is 4.79 Å². The van der Waals surface area contributed by atoms with Crippen molar-refractivity contribution in [3.8, 4) is 0 Å². The van der Waals surface area contributed by atoms with Crippen LogP contribution in [0.2, 0.25) is 5.02 Å². The average Bonchev–Trinajstić information content (AvgIpc) is 2.59. The van der Waals surface area contributed by atoms with E-state index < -0.39 is 0 Å². The number of benzene rings is 2. The average molecular weight is 345 g/mol. The lowest BCUT2D eigenvalue weighted by Gasteiger charge is -2.16. The Hall–Kier alpha value is -1.84. The summed E-state index contributed by atoms with van der Waals surface area (Å²) >= 11 is 5.85. The van der Waals surface area contributed by atoms with Crippen molar-refractivity contribution in [2.24, 2.45) is 0 Å². The standard InChI is InChI=1S/C20H25ClN2O/c1-23(16-18-6-3-2-4-7-18)15-5-14-22-20(24)13-10-17-8-11-19(21)12-9-17/h2-4,6-9,11-12H,5,10,13-16H2,1H3,(H,22,24). The topological polar surface area (TPSA) is 32.3 Å². The summed E-state index contributed by atoms with van der Waals surface area (Å²) in [7, 11) is 2.11. The van der Waals surface area contributed by atoms with Gasteiger partial charge in [-0.1, -0.05) is 54.1 Å². The van der Waals surface area contributed by atoms with E-state index in [4.69, 9.17) is 11.6 Å². The van der Waals surface area contributed by atoms with Crippen molar-refractivity contribution in [2.45, 2.75) is 25.8 Å². The molecule has 0 radical (unpaired) electrons. The van der Waals surface area contributed by atoms with Gasteiger partial charge in [0, 0.05) is 24.5 Å². The predicted octanol–water partition coefficient (Wildman–Crippen LogP) is 3.91. The van der Waals surface area contributed by atoms with E-state index in [1.54, 1.807) is 0 Å². The van der Waals surface area contributed by atoms with Crippen molar-refractivity contribution in [3.63, 3.8) is 0 Å². The molecule has 2 aromatic rings. The van der Waals surface area contributed by atoms with Crippen LogP contribution in [0.4, 0.5) is 0 Å². The van der Waals surface area contributed by atoms with Gasteiger partial charge in [0.2, 0.25) is 5.91 Å². The zero-order chi connectivity index (χ0) is 17.2. The molecule has 0 saturated heterocycles. The molecule has 24 heavy (non-hydrogen) atoms.